The molecule has 9 nitrogen and oxygen atoms in total. The number of ether oxygens (including phenoxy) is 2. The minimum absolute atomic E-state index is 0.207. The standard InChI is InChI=1S/C25H30F2N6O3S/c1-12-16(26)9-15-21(29)22(37-25(15)30-12)24(34)31-14-3-4-19-13(7-14)8-17(27)23(32-19)33-10-18(28)20(11-33)36-6-5-35-2/h8-9,14,18,20H,3-7,10-11,28-29H2,1-2H3,(H,31,34). The summed E-state index contributed by atoms with van der Waals surface area (Å²) in [5.74, 6) is -0.954. The van der Waals surface area contributed by atoms with E-state index in [0.29, 0.717) is 60.7 Å². The van der Waals surface area contributed by atoms with Crippen LogP contribution in [0.25, 0.3) is 10.2 Å². The molecule has 0 radical (unpaired) electrons. The van der Waals surface area contributed by atoms with Gasteiger partial charge >= 0.3 is 0 Å². The zero-order valence-corrected chi connectivity index (χ0v) is 21.5. The molecule has 1 aliphatic heterocycles. The zero-order valence-electron chi connectivity index (χ0n) is 20.7. The highest BCUT2D eigenvalue weighted by atomic mass is 32.1. The summed E-state index contributed by atoms with van der Waals surface area (Å²) >= 11 is 1.13. The van der Waals surface area contributed by atoms with Gasteiger partial charge in [0.05, 0.1) is 36.7 Å². The van der Waals surface area contributed by atoms with Crippen molar-refractivity contribution in [2.75, 3.05) is 44.0 Å². The van der Waals surface area contributed by atoms with E-state index in [-0.39, 0.29) is 41.3 Å². The Morgan fingerprint density at radius 1 is 1.24 bits per heavy atom. The number of nitrogens with one attached hydrogen (secondary N) is 1. The maximum Gasteiger partial charge on any atom is 0.263 e. The van der Waals surface area contributed by atoms with Crippen molar-refractivity contribution in [2.45, 2.75) is 44.4 Å². The van der Waals surface area contributed by atoms with Crippen molar-refractivity contribution in [3.63, 3.8) is 0 Å². The van der Waals surface area contributed by atoms with Gasteiger partial charge in [-0.3, -0.25) is 4.79 Å². The van der Waals surface area contributed by atoms with Crippen LogP contribution in [0, 0.1) is 18.6 Å². The number of anilines is 2. The molecule has 0 spiro atoms. The van der Waals surface area contributed by atoms with Gasteiger partial charge in [0.15, 0.2) is 11.6 Å². The summed E-state index contributed by atoms with van der Waals surface area (Å²) in [5, 5.41) is 3.43. The van der Waals surface area contributed by atoms with Crippen molar-refractivity contribution in [1.29, 1.82) is 0 Å². The summed E-state index contributed by atoms with van der Waals surface area (Å²) in [6.45, 7) is 3.37. The number of fused-ring (bicyclic) bond motifs is 2. The van der Waals surface area contributed by atoms with Gasteiger partial charge in [-0.1, -0.05) is 0 Å². The molecular formula is C25H30F2N6O3S. The second-order valence-electron chi connectivity index (χ2n) is 9.54. The van der Waals surface area contributed by atoms with Crippen molar-refractivity contribution in [3.05, 3.63) is 45.6 Å². The fourth-order valence-corrected chi connectivity index (χ4v) is 5.95. The molecule has 3 unspecified atom stereocenters. The molecular weight excluding hydrogens is 502 g/mol. The molecule has 3 aromatic heterocycles. The van der Waals surface area contributed by atoms with Gasteiger partial charge in [-0.05, 0) is 43.9 Å². The van der Waals surface area contributed by atoms with Crippen LogP contribution in [-0.4, -0.2) is 67.5 Å². The zero-order chi connectivity index (χ0) is 26.3. The number of pyridine rings is 2. The second kappa shape index (κ2) is 10.4. The molecule has 198 valence electrons. The summed E-state index contributed by atoms with van der Waals surface area (Å²) in [5.41, 5.74) is 14.4. The maximum absolute atomic E-state index is 15.1. The number of aromatic nitrogens is 2. The van der Waals surface area contributed by atoms with Crippen molar-refractivity contribution in [3.8, 4) is 0 Å². The molecule has 4 heterocycles. The Balaban J connectivity index is 1.27. The van der Waals surface area contributed by atoms with E-state index >= 15 is 4.39 Å². The van der Waals surface area contributed by atoms with Crippen LogP contribution >= 0.6 is 11.3 Å². The lowest BCUT2D eigenvalue weighted by Crippen LogP contribution is -2.39. The smallest absolute Gasteiger partial charge is 0.263 e. The fourth-order valence-electron chi connectivity index (χ4n) is 4.92. The number of carbonyl (C=O) groups is 1. The number of nitrogens with two attached hydrogens (primary N) is 2. The third-order valence-electron chi connectivity index (χ3n) is 6.94. The van der Waals surface area contributed by atoms with Crippen LogP contribution in [0.5, 0.6) is 0 Å². The molecule has 0 bridgehead atoms. The first-order chi connectivity index (χ1) is 17.7. The molecule has 3 atom stereocenters. The quantitative estimate of drug-likeness (QED) is 0.396. The Hall–Kier alpha value is -2.93. The largest absolute Gasteiger partial charge is 0.397 e. The summed E-state index contributed by atoms with van der Waals surface area (Å²) in [6, 6.07) is 2.36. The third-order valence-corrected chi connectivity index (χ3v) is 8.06. The highest BCUT2D eigenvalue weighted by Crippen LogP contribution is 2.34. The van der Waals surface area contributed by atoms with E-state index in [4.69, 9.17) is 20.9 Å². The van der Waals surface area contributed by atoms with E-state index in [1.807, 2.05) is 4.90 Å². The Morgan fingerprint density at radius 2 is 2.05 bits per heavy atom. The van der Waals surface area contributed by atoms with Crippen LogP contribution in [0.1, 0.15) is 33.0 Å². The third kappa shape index (κ3) is 5.11. The number of nitrogen functional groups attached to an aromatic ring is 1. The van der Waals surface area contributed by atoms with Gasteiger partial charge < -0.3 is 31.2 Å². The van der Waals surface area contributed by atoms with Gasteiger partial charge in [-0.15, -0.1) is 11.3 Å². The first kappa shape index (κ1) is 25.7. The highest BCUT2D eigenvalue weighted by molar-refractivity contribution is 7.21. The number of halogens is 2. The molecule has 2 aliphatic rings. The molecule has 3 aromatic rings. The minimum Gasteiger partial charge on any atom is -0.397 e. The molecule has 5 rings (SSSR count). The van der Waals surface area contributed by atoms with Crippen molar-refractivity contribution in [1.82, 2.24) is 15.3 Å². The van der Waals surface area contributed by atoms with Gasteiger partial charge in [-0.2, -0.15) is 0 Å². The van der Waals surface area contributed by atoms with E-state index in [1.165, 1.54) is 12.1 Å². The topological polar surface area (TPSA) is 129 Å². The Bertz CT molecular complexity index is 1340. The predicted molar refractivity (Wildman–Crippen MR) is 138 cm³/mol. The van der Waals surface area contributed by atoms with Crippen LogP contribution in [0.2, 0.25) is 0 Å². The monoisotopic (exact) mass is 532 g/mol. The van der Waals surface area contributed by atoms with E-state index < -0.39 is 11.6 Å². The molecule has 37 heavy (non-hydrogen) atoms. The van der Waals surface area contributed by atoms with E-state index in [0.717, 1.165) is 22.6 Å². The number of rotatable bonds is 7. The molecule has 1 amide bonds. The number of aryl methyl sites for hydroxylation is 2. The second-order valence-corrected chi connectivity index (χ2v) is 10.5. The average Bonchev–Trinajstić information content (AvgIpc) is 3.38. The molecule has 5 N–H and O–H groups in total. The van der Waals surface area contributed by atoms with Crippen LogP contribution in [0.3, 0.4) is 0 Å². The van der Waals surface area contributed by atoms with Crippen LogP contribution in [-0.2, 0) is 22.3 Å². The molecule has 12 heteroatoms. The normalized spacial score (nSPS) is 21.4. The Kier molecular flexibility index (Phi) is 7.26. The molecule has 0 saturated carbocycles. The number of amides is 1. The van der Waals surface area contributed by atoms with Crippen LogP contribution in [0.4, 0.5) is 20.3 Å². The summed E-state index contributed by atoms with van der Waals surface area (Å²) in [4.78, 5) is 24.5. The van der Waals surface area contributed by atoms with Gasteiger partial charge in [0.25, 0.3) is 5.91 Å². The lowest BCUT2D eigenvalue weighted by molar-refractivity contribution is 0.0212. The van der Waals surface area contributed by atoms with Crippen molar-refractivity contribution >= 4 is 39.0 Å². The van der Waals surface area contributed by atoms with E-state index in [9.17, 15) is 9.18 Å². The summed E-state index contributed by atoms with van der Waals surface area (Å²) < 4.78 is 39.9. The maximum atomic E-state index is 15.1. The molecule has 1 saturated heterocycles. The summed E-state index contributed by atoms with van der Waals surface area (Å²) in [7, 11) is 1.60. The highest BCUT2D eigenvalue weighted by Gasteiger charge is 2.34. The predicted octanol–water partition coefficient (Wildman–Crippen LogP) is 2.33. The number of thiophene rings is 1. The molecule has 0 aromatic carbocycles. The first-order valence-corrected chi connectivity index (χ1v) is 13.0. The lowest BCUT2D eigenvalue weighted by atomic mass is 9.91. The van der Waals surface area contributed by atoms with Gasteiger partial charge in [0, 0.05) is 37.3 Å². The average molecular weight is 533 g/mol. The Labute approximate surface area is 217 Å². The Morgan fingerprint density at radius 3 is 2.84 bits per heavy atom. The van der Waals surface area contributed by atoms with E-state index in [1.54, 1.807) is 14.0 Å². The minimum atomic E-state index is -0.466. The first-order valence-electron chi connectivity index (χ1n) is 12.2. The van der Waals surface area contributed by atoms with Gasteiger partial charge in [-0.25, -0.2) is 18.7 Å². The van der Waals surface area contributed by atoms with Crippen LogP contribution < -0.4 is 21.7 Å². The lowest BCUT2D eigenvalue weighted by Gasteiger charge is -2.27. The molecule has 1 fully saturated rings. The SMILES string of the molecule is COCCOC1CN(c2nc3c(cc2F)CC(NC(=O)c2sc4nc(C)c(F)cc4c2N)CC3)CC1N. The number of nitrogens with zero attached hydrogens (tertiary/aromatic N) is 3. The van der Waals surface area contributed by atoms with Crippen molar-refractivity contribution in [2.24, 2.45) is 5.73 Å². The number of hydrogen-bond donors (Lipinski definition) is 3. The van der Waals surface area contributed by atoms with E-state index in [2.05, 4.69) is 15.3 Å². The van der Waals surface area contributed by atoms with Crippen LogP contribution in [0.15, 0.2) is 12.1 Å². The van der Waals surface area contributed by atoms with Gasteiger partial charge in [0.1, 0.15) is 15.5 Å². The summed E-state index contributed by atoms with van der Waals surface area (Å²) in [6.07, 6.45) is 1.47. The number of carbonyl (C=O) groups excluding carboxylic acids is 1. The number of hydrogen-bond acceptors (Lipinski definition) is 9. The van der Waals surface area contributed by atoms with Gasteiger partial charge in [0.2, 0.25) is 0 Å². The molecule has 1 aliphatic carbocycles. The number of methoxy groups -OCH3 is 1. The van der Waals surface area contributed by atoms with Crippen molar-refractivity contribution < 1.29 is 23.0 Å². The fraction of sp³-hybridized carbons (Fsp3) is 0.480.